The minimum atomic E-state index is 0.142. The third-order valence-corrected chi connectivity index (χ3v) is 3.93. The van der Waals surface area contributed by atoms with Crippen molar-refractivity contribution in [1.29, 1.82) is 0 Å². The van der Waals surface area contributed by atoms with Gasteiger partial charge in [-0.25, -0.2) is 0 Å². The lowest BCUT2D eigenvalue weighted by atomic mass is 10.1. The fourth-order valence-corrected chi connectivity index (χ4v) is 2.96. The summed E-state index contributed by atoms with van der Waals surface area (Å²) < 4.78 is 0. The first-order valence-corrected chi connectivity index (χ1v) is 7.45. The molecule has 0 heterocycles. The molecule has 0 saturated heterocycles. The quantitative estimate of drug-likeness (QED) is 0.735. The molecule has 0 atom stereocenters. The fourth-order valence-electron chi connectivity index (χ4n) is 2.96. The molecule has 0 bridgehead atoms. The number of Topliss-reactive ketones (excluding diaryl/α,β-unsaturated/α-hetero) is 1. The topological polar surface area (TPSA) is 20.3 Å². The molecule has 2 heteroatoms. The number of hydrogen-bond donors (Lipinski definition) is 0. The van der Waals surface area contributed by atoms with Crippen LogP contribution < -0.4 is 4.90 Å². The van der Waals surface area contributed by atoms with Gasteiger partial charge in [-0.3, -0.25) is 4.79 Å². The van der Waals surface area contributed by atoms with Crippen molar-refractivity contribution in [3.05, 3.63) is 29.8 Å². The van der Waals surface area contributed by atoms with Crippen LogP contribution in [0.5, 0.6) is 0 Å². The Morgan fingerprint density at radius 3 is 2.26 bits per heavy atom. The number of benzene rings is 1. The van der Waals surface area contributed by atoms with Gasteiger partial charge in [-0.15, -0.1) is 0 Å². The molecule has 1 saturated carbocycles. The summed E-state index contributed by atoms with van der Waals surface area (Å²) in [6.45, 7) is 7.26. The van der Waals surface area contributed by atoms with Crippen molar-refractivity contribution in [1.82, 2.24) is 0 Å². The first kappa shape index (κ1) is 14.1. The first-order chi connectivity index (χ1) is 9.08. The average Bonchev–Trinajstić information content (AvgIpc) is 2.89. The molecule has 0 spiro atoms. The van der Waals surface area contributed by atoms with Gasteiger partial charge in [0.1, 0.15) is 0 Å². The summed E-state index contributed by atoms with van der Waals surface area (Å²) >= 11 is 0. The predicted molar refractivity (Wildman–Crippen MR) is 80.9 cm³/mol. The Hall–Kier alpha value is -1.31. The van der Waals surface area contributed by atoms with Gasteiger partial charge in [0.2, 0.25) is 0 Å². The zero-order chi connectivity index (χ0) is 13.8. The number of ketones is 1. The lowest BCUT2D eigenvalue weighted by molar-refractivity contribution is 0.101. The predicted octanol–water partition coefficient (Wildman–Crippen LogP) is 4.29. The van der Waals surface area contributed by atoms with Crippen LogP contribution >= 0.6 is 0 Å². The molecular weight excluding hydrogens is 234 g/mol. The zero-order valence-electron chi connectivity index (χ0n) is 12.4. The van der Waals surface area contributed by atoms with Gasteiger partial charge in [-0.1, -0.05) is 26.7 Å². The minimum Gasteiger partial charge on any atom is -0.368 e. The maximum absolute atomic E-state index is 11.3. The van der Waals surface area contributed by atoms with Gasteiger partial charge in [0.05, 0.1) is 0 Å². The summed E-state index contributed by atoms with van der Waals surface area (Å²) in [6.07, 6.45) is 5.32. The Morgan fingerprint density at radius 2 is 1.79 bits per heavy atom. The molecule has 19 heavy (non-hydrogen) atoms. The fraction of sp³-hybridized carbons (Fsp3) is 0.588. The Bertz CT molecular complexity index is 415. The van der Waals surface area contributed by atoms with E-state index in [4.69, 9.17) is 0 Å². The van der Waals surface area contributed by atoms with Gasteiger partial charge in [-0.2, -0.15) is 0 Å². The number of hydrogen-bond acceptors (Lipinski definition) is 2. The van der Waals surface area contributed by atoms with Gasteiger partial charge in [-0.05, 0) is 49.9 Å². The highest BCUT2D eigenvalue weighted by Gasteiger charge is 2.23. The number of rotatable bonds is 5. The monoisotopic (exact) mass is 259 g/mol. The normalized spacial score (nSPS) is 16.0. The minimum absolute atomic E-state index is 0.142. The number of carbonyl (C=O) groups excluding carboxylic acids is 1. The third-order valence-electron chi connectivity index (χ3n) is 3.93. The summed E-state index contributed by atoms with van der Waals surface area (Å²) in [5.41, 5.74) is 2.07. The van der Waals surface area contributed by atoms with E-state index in [9.17, 15) is 4.79 Å². The second-order valence-corrected chi connectivity index (χ2v) is 6.09. The molecule has 0 unspecified atom stereocenters. The highest BCUT2D eigenvalue weighted by Crippen LogP contribution is 2.29. The number of anilines is 1. The van der Waals surface area contributed by atoms with Crippen LogP contribution in [-0.2, 0) is 0 Å². The van der Waals surface area contributed by atoms with E-state index in [0.717, 1.165) is 12.1 Å². The Morgan fingerprint density at radius 1 is 1.21 bits per heavy atom. The van der Waals surface area contributed by atoms with Crippen LogP contribution in [-0.4, -0.2) is 18.4 Å². The van der Waals surface area contributed by atoms with E-state index in [2.05, 4.69) is 30.9 Å². The second-order valence-electron chi connectivity index (χ2n) is 6.09. The average molecular weight is 259 g/mol. The molecule has 2 rings (SSSR count). The molecule has 0 aliphatic heterocycles. The van der Waals surface area contributed by atoms with Crippen molar-refractivity contribution < 1.29 is 4.79 Å². The van der Waals surface area contributed by atoms with Gasteiger partial charge >= 0.3 is 0 Å². The maximum atomic E-state index is 11.3. The summed E-state index contributed by atoms with van der Waals surface area (Å²) in [7, 11) is 0. The summed E-state index contributed by atoms with van der Waals surface area (Å²) in [4.78, 5) is 13.9. The van der Waals surface area contributed by atoms with Crippen LogP contribution in [0.1, 0.15) is 56.8 Å². The van der Waals surface area contributed by atoms with E-state index in [-0.39, 0.29) is 5.78 Å². The van der Waals surface area contributed by atoms with Crippen LogP contribution in [0.2, 0.25) is 0 Å². The smallest absolute Gasteiger partial charge is 0.159 e. The van der Waals surface area contributed by atoms with Crippen molar-refractivity contribution >= 4 is 11.5 Å². The largest absolute Gasteiger partial charge is 0.368 e. The molecule has 1 aromatic rings. The van der Waals surface area contributed by atoms with Crippen molar-refractivity contribution in [3.8, 4) is 0 Å². The van der Waals surface area contributed by atoms with Crippen LogP contribution in [0.3, 0.4) is 0 Å². The van der Waals surface area contributed by atoms with Crippen molar-refractivity contribution in [2.24, 2.45) is 5.92 Å². The van der Waals surface area contributed by atoms with Gasteiger partial charge in [0.25, 0.3) is 0 Å². The zero-order valence-corrected chi connectivity index (χ0v) is 12.4. The lowest BCUT2D eigenvalue weighted by Crippen LogP contribution is -2.36. The summed E-state index contributed by atoms with van der Waals surface area (Å²) in [5, 5.41) is 0. The van der Waals surface area contributed by atoms with E-state index >= 15 is 0 Å². The van der Waals surface area contributed by atoms with E-state index in [1.54, 1.807) is 6.92 Å². The highest BCUT2D eigenvalue weighted by molar-refractivity contribution is 5.94. The standard InChI is InChI=1S/C17H25NO/c1-13(2)12-18(16-6-4-5-7-16)17-10-8-15(9-11-17)14(3)19/h8-11,13,16H,4-7,12H2,1-3H3. The van der Waals surface area contributed by atoms with Crippen molar-refractivity contribution in [2.75, 3.05) is 11.4 Å². The molecule has 0 amide bonds. The molecule has 0 N–H and O–H groups in total. The molecule has 1 fully saturated rings. The lowest BCUT2D eigenvalue weighted by Gasteiger charge is -2.33. The molecular formula is C17H25NO. The second kappa shape index (κ2) is 6.23. The first-order valence-electron chi connectivity index (χ1n) is 7.45. The van der Waals surface area contributed by atoms with Gasteiger partial charge < -0.3 is 4.90 Å². The van der Waals surface area contributed by atoms with Crippen molar-refractivity contribution in [3.63, 3.8) is 0 Å². The van der Waals surface area contributed by atoms with Gasteiger partial charge in [0, 0.05) is 23.8 Å². The molecule has 104 valence electrons. The van der Waals surface area contributed by atoms with Crippen LogP contribution in [0.25, 0.3) is 0 Å². The molecule has 0 radical (unpaired) electrons. The molecule has 1 aliphatic carbocycles. The van der Waals surface area contributed by atoms with Gasteiger partial charge in [0.15, 0.2) is 5.78 Å². The van der Waals surface area contributed by atoms with Crippen LogP contribution in [0.15, 0.2) is 24.3 Å². The third kappa shape index (κ3) is 3.59. The number of carbonyl (C=O) groups is 1. The molecule has 1 aromatic carbocycles. The van der Waals surface area contributed by atoms with E-state index in [1.165, 1.54) is 31.4 Å². The van der Waals surface area contributed by atoms with Crippen molar-refractivity contribution in [2.45, 2.75) is 52.5 Å². The molecule has 2 nitrogen and oxygen atoms in total. The SMILES string of the molecule is CC(=O)c1ccc(N(CC(C)C)C2CCCC2)cc1. The van der Waals surface area contributed by atoms with Crippen LogP contribution in [0.4, 0.5) is 5.69 Å². The maximum Gasteiger partial charge on any atom is 0.159 e. The Kier molecular flexibility index (Phi) is 4.62. The van der Waals surface area contributed by atoms with Crippen LogP contribution in [0, 0.1) is 5.92 Å². The van der Waals surface area contributed by atoms with E-state index < -0.39 is 0 Å². The highest BCUT2D eigenvalue weighted by atomic mass is 16.1. The van der Waals surface area contributed by atoms with E-state index in [0.29, 0.717) is 12.0 Å². The Balaban J connectivity index is 2.18. The number of nitrogens with zero attached hydrogens (tertiary/aromatic N) is 1. The Labute approximate surface area is 116 Å². The molecule has 1 aliphatic rings. The summed E-state index contributed by atoms with van der Waals surface area (Å²) in [5.74, 6) is 0.802. The molecule has 0 aromatic heterocycles. The summed E-state index contributed by atoms with van der Waals surface area (Å²) in [6, 6.07) is 8.82. The van der Waals surface area contributed by atoms with E-state index in [1.807, 2.05) is 12.1 Å².